The molecule has 1 amide bonds. The van der Waals surface area contributed by atoms with E-state index in [9.17, 15) is 4.79 Å². The van der Waals surface area contributed by atoms with E-state index < -0.39 is 0 Å². The van der Waals surface area contributed by atoms with Crippen LogP contribution in [-0.2, 0) is 4.79 Å². The van der Waals surface area contributed by atoms with E-state index in [1.165, 1.54) is 0 Å². The van der Waals surface area contributed by atoms with Gasteiger partial charge >= 0.3 is 0 Å². The second kappa shape index (κ2) is 3.41. The van der Waals surface area contributed by atoms with E-state index in [1.807, 2.05) is 6.92 Å². The number of carbonyl (C=O) groups is 1. The molecule has 1 aliphatic rings. The standard InChI is InChI=1S/C7H14N2O.ClH/c1-7(9,4-6(8)10)5-2-3-5;/h5H,2-4,9H2,1H3,(H2,8,10);1H/t7-;/m1./s1. The van der Waals surface area contributed by atoms with Gasteiger partial charge in [-0.3, -0.25) is 4.79 Å². The lowest BCUT2D eigenvalue weighted by molar-refractivity contribution is -0.119. The van der Waals surface area contributed by atoms with Gasteiger partial charge in [-0.15, -0.1) is 12.4 Å². The van der Waals surface area contributed by atoms with Crippen molar-refractivity contribution in [1.29, 1.82) is 0 Å². The monoisotopic (exact) mass is 178 g/mol. The molecule has 1 aliphatic carbocycles. The van der Waals surface area contributed by atoms with Gasteiger partial charge in [0.1, 0.15) is 0 Å². The van der Waals surface area contributed by atoms with Crippen molar-refractivity contribution in [3.63, 3.8) is 0 Å². The van der Waals surface area contributed by atoms with Crippen LogP contribution in [0.4, 0.5) is 0 Å². The Labute approximate surface area is 72.9 Å². The number of halogens is 1. The van der Waals surface area contributed by atoms with Crippen molar-refractivity contribution in [2.45, 2.75) is 31.7 Å². The van der Waals surface area contributed by atoms with Crippen molar-refractivity contribution in [2.24, 2.45) is 17.4 Å². The van der Waals surface area contributed by atoms with Gasteiger partial charge in [0, 0.05) is 12.0 Å². The molecule has 0 aromatic rings. The molecule has 0 radical (unpaired) electrons. The molecule has 1 fully saturated rings. The molecule has 1 rings (SSSR count). The van der Waals surface area contributed by atoms with Crippen molar-refractivity contribution >= 4 is 18.3 Å². The SMILES string of the molecule is C[C@@](N)(CC(N)=O)C1CC1.Cl. The fourth-order valence-corrected chi connectivity index (χ4v) is 1.26. The number of nitrogens with two attached hydrogens (primary N) is 2. The zero-order chi connectivity index (χ0) is 7.78. The first-order chi connectivity index (χ1) is 4.52. The molecule has 0 spiro atoms. The Morgan fingerprint density at radius 1 is 1.64 bits per heavy atom. The van der Waals surface area contributed by atoms with E-state index in [-0.39, 0.29) is 23.9 Å². The van der Waals surface area contributed by atoms with Crippen LogP contribution in [0.1, 0.15) is 26.2 Å². The summed E-state index contributed by atoms with van der Waals surface area (Å²) in [5, 5.41) is 0. The number of hydrogen-bond acceptors (Lipinski definition) is 2. The smallest absolute Gasteiger partial charge is 0.219 e. The van der Waals surface area contributed by atoms with Crippen molar-refractivity contribution in [3.05, 3.63) is 0 Å². The van der Waals surface area contributed by atoms with Crippen molar-refractivity contribution in [1.82, 2.24) is 0 Å². The third-order valence-electron chi connectivity index (χ3n) is 2.07. The maximum Gasteiger partial charge on any atom is 0.219 e. The van der Waals surface area contributed by atoms with E-state index in [4.69, 9.17) is 11.5 Å². The fraction of sp³-hybridized carbons (Fsp3) is 0.857. The molecule has 0 aromatic carbocycles. The number of carbonyl (C=O) groups excluding carboxylic acids is 1. The largest absolute Gasteiger partial charge is 0.370 e. The zero-order valence-electron chi connectivity index (χ0n) is 6.67. The van der Waals surface area contributed by atoms with Gasteiger partial charge in [0.25, 0.3) is 0 Å². The second-order valence-electron chi connectivity index (χ2n) is 3.42. The van der Waals surface area contributed by atoms with Gasteiger partial charge < -0.3 is 11.5 Å². The lowest BCUT2D eigenvalue weighted by atomic mass is 9.93. The van der Waals surface area contributed by atoms with Gasteiger partial charge in [0.15, 0.2) is 0 Å². The summed E-state index contributed by atoms with van der Waals surface area (Å²) in [6.45, 7) is 1.90. The molecule has 1 saturated carbocycles. The molecule has 0 saturated heterocycles. The Bertz CT molecular complexity index is 155. The van der Waals surface area contributed by atoms with E-state index in [0.29, 0.717) is 12.3 Å². The summed E-state index contributed by atoms with van der Waals surface area (Å²) in [7, 11) is 0. The summed E-state index contributed by atoms with van der Waals surface area (Å²) in [4.78, 5) is 10.5. The minimum atomic E-state index is -0.341. The van der Waals surface area contributed by atoms with E-state index in [0.717, 1.165) is 12.8 Å². The second-order valence-corrected chi connectivity index (χ2v) is 3.42. The lowest BCUT2D eigenvalue weighted by Gasteiger charge is -2.21. The Morgan fingerprint density at radius 3 is 2.36 bits per heavy atom. The topological polar surface area (TPSA) is 69.1 Å². The molecule has 0 bridgehead atoms. The summed E-state index contributed by atoms with van der Waals surface area (Å²) in [6.07, 6.45) is 2.62. The van der Waals surface area contributed by atoms with Crippen molar-refractivity contribution < 1.29 is 4.79 Å². The van der Waals surface area contributed by atoms with Crippen LogP contribution >= 0.6 is 12.4 Å². The van der Waals surface area contributed by atoms with Crippen LogP contribution in [0.3, 0.4) is 0 Å². The van der Waals surface area contributed by atoms with Gasteiger partial charge in [0.2, 0.25) is 5.91 Å². The molecule has 3 nitrogen and oxygen atoms in total. The van der Waals surface area contributed by atoms with Crippen LogP contribution in [0, 0.1) is 5.92 Å². The Kier molecular flexibility index (Phi) is 3.32. The highest BCUT2D eigenvalue weighted by atomic mass is 35.5. The van der Waals surface area contributed by atoms with Gasteiger partial charge in [0.05, 0.1) is 0 Å². The molecule has 0 aromatic heterocycles. The average molecular weight is 179 g/mol. The maximum atomic E-state index is 10.5. The number of hydrogen-bond donors (Lipinski definition) is 2. The first-order valence-corrected chi connectivity index (χ1v) is 3.59. The maximum absolute atomic E-state index is 10.5. The summed E-state index contributed by atoms with van der Waals surface area (Å²) < 4.78 is 0. The highest BCUT2D eigenvalue weighted by Gasteiger charge is 2.39. The number of rotatable bonds is 3. The molecule has 66 valence electrons. The lowest BCUT2D eigenvalue weighted by Crippen LogP contribution is -2.42. The normalized spacial score (nSPS) is 21.6. The Hall–Kier alpha value is -0.280. The van der Waals surface area contributed by atoms with Crippen LogP contribution in [0.15, 0.2) is 0 Å². The quantitative estimate of drug-likeness (QED) is 0.658. The molecule has 0 heterocycles. The van der Waals surface area contributed by atoms with Crippen LogP contribution in [0.5, 0.6) is 0 Å². The van der Waals surface area contributed by atoms with E-state index in [1.54, 1.807) is 0 Å². The van der Waals surface area contributed by atoms with Crippen LogP contribution in [0.25, 0.3) is 0 Å². The molecule has 4 N–H and O–H groups in total. The summed E-state index contributed by atoms with van der Waals surface area (Å²) in [5.41, 5.74) is 10.5. The van der Waals surface area contributed by atoms with Crippen LogP contribution in [0.2, 0.25) is 0 Å². The molecular weight excluding hydrogens is 164 g/mol. The average Bonchev–Trinajstić information content (AvgIpc) is 2.35. The molecule has 0 unspecified atom stereocenters. The summed E-state index contributed by atoms with van der Waals surface area (Å²) in [5.74, 6) is 0.233. The molecule has 4 heteroatoms. The number of primary amides is 1. The predicted octanol–water partition coefficient (Wildman–Crippen LogP) is 0.411. The first kappa shape index (κ1) is 10.7. The highest BCUT2D eigenvalue weighted by molar-refractivity contribution is 5.85. The predicted molar refractivity (Wildman–Crippen MR) is 46.4 cm³/mol. The Morgan fingerprint density at radius 2 is 2.09 bits per heavy atom. The zero-order valence-corrected chi connectivity index (χ0v) is 7.49. The van der Waals surface area contributed by atoms with Crippen LogP contribution in [-0.4, -0.2) is 11.4 Å². The fourth-order valence-electron chi connectivity index (χ4n) is 1.26. The molecule has 1 atom stereocenters. The van der Waals surface area contributed by atoms with E-state index >= 15 is 0 Å². The third kappa shape index (κ3) is 3.08. The van der Waals surface area contributed by atoms with Crippen molar-refractivity contribution in [2.75, 3.05) is 0 Å². The molecule has 11 heavy (non-hydrogen) atoms. The van der Waals surface area contributed by atoms with Gasteiger partial charge in [-0.2, -0.15) is 0 Å². The third-order valence-corrected chi connectivity index (χ3v) is 2.07. The molecule has 0 aliphatic heterocycles. The van der Waals surface area contributed by atoms with Gasteiger partial charge in [-0.1, -0.05) is 0 Å². The van der Waals surface area contributed by atoms with E-state index in [2.05, 4.69) is 0 Å². The Balaban J connectivity index is 0.000001000. The van der Waals surface area contributed by atoms with Crippen LogP contribution < -0.4 is 11.5 Å². The minimum absolute atomic E-state index is 0. The summed E-state index contributed by atoms with van der Waals surface area (Å²) >= 11 is 0. The minimum Gasteiger partial charge on any atom is -0.370 e. The molecular formula is C7H15ClN2O. The van der Waals surface area contributed by atoms with Gasteiger partial charge in [-0.25, -0.2) is 0 Å². The first-order valence-electron chi connectivity index (χ1n) is 3.59. The summed E-state index contributed by atoms with van der Waals surface area (Å²) in [6, 6.07) is 0. The number of amides is 1. The highest BCUT2D eigenvalue weighted by Crippen LogP contribution is 2.39. The van der Waals surface area contributed by atoms with Crippen molar-refractivity contribution in [3.8, 4) is 0 Å². The van der Waals surface area contributed by atoms with Gasteiger partial charge in [-0.05, 0) is 25.7 Å².